The summed E-state index contributed by atoms with van der Waals surface area (Å²) in [6, 6.07) is 14.3. The molecule has 0 aromatic heterocycles. The van der Waals surface area contributed by atoms with Crippen LogP contribution in [0.15, 0.2) is 57.9 Å². The Hall–Kier alpha value is -2.58. The Balaban J connectivity index is 1.61. The number of hydrogen-bond donors (Lipinski definition) is 2. The summed E-state index contributed by atoms with van der Waals surface area (Å²) in [5.74, 6) is -0.184. The molecule has 1 aliphatic heterocycles. The quantitative estimate of drug-likeness (QED) is 0.701. The minimum atomic E-state index is -0.408. The van der Waals surface area contributed by atoms with E-state index in [1.54, 1.807) is 36.4 Å². The molecule has 132 valence electrons. The monoisotopic (exact) mass is 432 g/mol. The number of amides is 3. The maximum absolute atomic E-state index is 11.9. The lowest BCUT2D eigenvalue weighted by Gasteiger charge is -2.09. The largest absolute Gasteiger partial charge is 0.483 e. The minimum absolute atomic E-state index is 0.138. The standard InChI is InChI=1S/C18H13BrN2O4S/c19-13-8-11(9-15-17(23)21-18(24)26-15)6-7-14(13)25-10-16(22)20-12-4-2-1-3-5-12/h1-9H,10H2,(H,20,22)(H,21,23,24)/b15-9-. The average molecular weight is 433 g/mol. The SMILES string of the molecule is O=C(COc1ccc(/C=C2\SC(=O)NC2=O)cc1Br)Nc1ccccc1. The highest BCUT2D eigenvalue weighted by Gasteiger charge is 2.24. The molecule has 0 atom stereocenters. The second kappa shape index (κ2) is 8.20. The molecule has 0 saturated carbocycles. The van der Waals surface area contributed by atoms with E-state index in [0.717, 1.165) is 17.3 Å². The zero-order valence-electron chi connectivity index (χ0n) is 13.3. The zero-order chi connectivity index (χ0) is 18.5. The van der Waals surface area contributed by atoms with Crippen LogP contribution in [0.25, 0.3) is 6.08 Å². The number of carbonyl (C=O) groups excluding carboxylic acids is 3. The molecule has 0 aliphatic carbocycles. The molecular formula is C18H13BrN2O4S. The summed E-state index contributed by atoms with van der Waals surface area (Å²) >= 11 is 4.24. The smallest absolute Gasteiger partial charge is 0.290 e. The predicted molar refractivity (Wildman–Crippen MR) is 104 cm³/mol. The first-order chi connectivity index (χ1) is 12.5. The summed E-state index contributed by atoms with van der Waals surface area (Å²) < 4.78 is 6.15. The number of anilines is 1. The van der Waals surface area contributed by atoms with Crippen LogP contribution >= 0.6 is 27.7 Å². The second-order valence-electron chi connectivity index (χ2n) is 5.24. The molecule has 2 aromatic carbocycles. The van der Waals surface area contributed by atoms with Gasteiger partial charge in [0.2, 0.25) is 0 Å². The van der Waals surface area contributed by atoms with Gasteiger partial charge in [0, 0.05) is 5.69 Å². The van der Waals surface area contributed by atoms with E-state index >= 15 is 0 Å². The fraction of sp³-hybridized carbons (Fsp3) is 0.0556. The van der Waals surface area contributed by atoms with Gasteiger partial charge in [-0.25, -0.2) is 0 Å². The summed E-state index contributed by atoms with van der Waals surface area (Å²) in [5.41, 5.74) is 1.43. The van der Waals surface area contributed by atoms with Gasteiger partial charge in [-0.15, -0.1) is 0 Å². The third-order valence-corrected chi connectivity index (χ3v) is 4.74. The van der Waals surface area contributed by atoms with E-state index < -0.39 is 5.91 Å². The second-order valence-corrected chi connectivity index (χ2v) is 7.11. The summed E-state index contributed by atoms with van der Waals surface area (Å²) in [5, 5.41) is 4.55. The van der Waals surface area contributed by atoms with Crippen LogP contribution in [0.5, 0.6) is 5.75 Å². The first-order valence-electron chi connectivity index (χ1n) is 7.53. The van der Waals surface area contributed by atoms with Gasteiger partial charge in [0.1, 0.15) is 5.75 Å². The molecule has 3 rings (SSSR count). The van der Waals surface area contributed by atoms with Crippen LogP contribution in [0.4, 0.5) is 10.5 Å². The van der Waals surface area contributed by atoms with Gasteiger partial charge in [0.25, 0.3) is 17.1 Å². The highest BCUT2D eigenvalue weighted by Crippen LogP contribution is 2.30. The minimum Gasteiger partial charge on any atom is -0.483 e. The number of halogens is 1. The van der Waals surface area contributed by atoms with E-state index in [1.807, 2.05) is 18.2 Å². The predicted octanol–water partition coefficient (Wildman–Crippen LogP) is 3.79. The lowest BCUT2D eigenvalue weighted by atomic mass is 10.2. The highest BCUT2D eigenvalue weighted by molar-refractivity contribution is 9.10. The van der Waals surface area contributed by atoms with Crippen LogP contribution in [-0.4, -0.2) is 23.7 Å². The maximum atomic E-state index is 11.9. The molecule has 1 saturated heterocycles. The lowest BCUT2D eigenvalue weighted by Crippen LogP contribution is -2.20. The van der Waals surface area contributed by atoms with Crippen molar-refractivity contribution in [2.75, 3.05) is 11.9 Å². The molecule has 1 fully saturated rings. The average Bonchev–Trinajstić information content (AvgIpc) is 2.92. The first-order valence-corrected chi connectivity index (χ1v) is 9.14. The third-order valence-electron chi connectivity index (χ3n) is 3.31. The number of rotatable bonds is 5. The number of nitrogens with one attached hydrogen (secondary N) is 2. The van der Waals surface area contributed by atoms with E-state index in [2.05, 4.69) is 26.6 Å². The van der Waals surface area contributed by atoms with E-state index in [1.165, 1.54) is 0 Å². The highest BCUT2D eigenvalue weighted by atomic mass is 79.9. The van der Waals surface area contributed by atoms with Gasteiger partial charge < -0.3 is 10.1 Å². The summed E-state index contributed by atoms with van der Waals surface area (Å²) in [6.07, 6.45) is 1.61. The Labute approximate surface area is 162 Å². The number of para-hydroxylation sites is 1. The van der Waals surface area contributed by atoms with Crippen molar-refractivity contribution in [1.29, 1.82) is 0 Å². The zero-order valence-corrected chi connectivity index (χ0v) is 15.7. The van der Waals surface area contributed by atoms with Crippen LogP contribution in [0.2, 0.25) is 0 Å². The fourth-order valence-electron chi connectivity index (χ4n) is 2.16. The van der Waals surface area contributed by atoms with Gasteiger partial charge in [0.05, 0.1) is 9.38 Å². The Morgan fingerprint density at radius 3 is 2.62 bits per heavy atom. The Morgan fingerprint density at radius 2 is 1.96 bits per heavy atom. The number of imide groups is 1. The molecule has 0 unspecified atom stereocenters. The number of benzene rings is 2. The van der Waals surface area contributed by atoms with Crippen LogP contribution in [0.3, 0.4) is 0 Å². The van der Waals surface area contributed by atoms with Crippen LogP contribution in [-0.2, 0) is 9.59 Å². The number of carbonyl (C=O) groups is 3. The Bertz CT molecular complexity index is 899. The fourth-order valence-corrected chi connectivity index (χ4v) is 3.35. The van der Waals surface area contributed by atoms with Crippen molar-refractivity contribution in [3.05, 3.63) is 63.5 Å². The van der Waals surface area contributed by atoms with Crippen LogP contribution in [0.1, 0.15) is 5.56 Å². The number of hydrogen-bond acceptors (Lipinski definition) is 5. The van der Waals surface area contributed by atoms with Crippen LogP contribution in [0, 0.1) is 0 Å². The van der Waals surface area contributed by atoms with Gasteiger partial charge in [-0.05, 0) is 63.6 Å². The van der Waals surface area contributed by atoms with Gasteiger partial charge in [0.15, 0.2) is 6.61 Å². The molecule has 0 spiro atoms. The Morgan fingerprint density at radius 1 is 1.19 bits per heavy atom. The van der Waals surface area contributed by atoms with E-state index in [0.29, 0.717) is 20.8 Å². The molecule has 2 N–H and O–H groups in total. The molecular weight excluding hydrogens is 420 g/mol. The maximum Gasteiger partial charge on any atom is 0.290 e. The van der Waals surface area contributed by atoms with Gasteiger partial charge in [-0.1, -0.05) is 24.3 Å². The summed E-state index contributed by atoms with van der Waals surface area (Å²) in [4.78, 5) is 35.0. The number of ether oxygens (including phenoxy) is 1. The van der Waals surface area contributed by atoms with Crippen molar-refractivity contribution in [2.45, 2.75) is 0 Å². The van der Waals surface area contributed by atoms with E-state index in [9.17, 15) is 14.4 Å². The van der Waals surface area contributed by atoms with Crippen molar-refractivity contribution in [3.8, 4) is 5.75 Å². The molecule has 1 heterocycles. The topological polar surface area (TPSA) is 84.5 Å². The molecule has 0 radical (unpaired) electrons. The van der Waals surface area contributed by atoms with Crippen molar-refractivity contribution in [2.24, 2.45) is 0 Å². The van der Waals surface area contributed by atoms with E-state index in [4.69, 9.17) is 4.74 Å². The van der Waals surface area contributed by atoms with E-state index in [-0.39, 0.29) is 17.8 Å². The molecule has 1 aliphatic rings. The molecule has 6 nitrogen and oxygen atoms in total. The Kier molecular flexibility index (Phi) is 5.75. The lowest BCUT2D eigenvalue weighted by molar-refractivity contribution is -0.118. The molecule has 3 amide bonds. The normalized spacial score (nSPS) is 15.0. The van der Waals surface area contributed by atoms with Crippen LogP contribution < -0.4 is 15.4 Å². The molecule has 0 bridgehead atoms. The van der Waals surface area contributed by atoms with Gasteiger partial charge in [-0.2, -0.15) is 0 Å². The number of thioether (sulfide) groups is 1. The molecule has 2 aromatic rings. The van der Waals surface area contributed by atoms with Crippen molar-refractivity contribution >= 4 is 56.5 Å². The summed E-state index contributed by atoms with van der Waals surface area (Å²) in [7, 11) is 0. The molecule has 8 heteroatoms. The third kappa shape index (κ3) is 4.74. The summed E-state index contributed by atoms with van der Waals surface area (Å²) in [6.45, 7) is -0.138. The van der Waals surface area contributed by atoms with Crippen molar-refractivity contribution in [1.82, 2.24) is 5.32 Å². The molecule has 26 heavy (non-hydrogen) atoms. The first kappa shape index (κ1) is 18.2. The van der Waals surface area contributed by atoms with Crippen molar-refractivity contribution in [3.63, 3.8) is 0 Å². The van der Waals surface area contributed by atoms with Crippen molar-refractivity contribution < 1.29 is 19.1 Å². The van der Waals surface area contributed by atoms with Gasteiger partial charge in [-0.3, -0.25) is 19.7 Å². The van der Waals surface area contributed by atoms with Gasteiger partial charge >= 0.3 is 0 Å².